The van der Waals surface area contributed by atoms with Crippen molar-refractivity contribution in [1.29, 1.82) is 10.5 Å². The molecule has 0 aromatic carbocycles. The molecule has 0 unspecified atom stereocenters. The molecule has 16 heavy (non-hydrogen) atoms. The Morgan fingerprint density at radius 2 is 2.12 bits per heavy atom. The van der Waals surface area contributed by atoms with E-state index in [0.29, 0.717) is 0 Å². The molecule has 0 bridgehead atoms. The van der Waals surface area contributed by atoms with E-state index in [9.17, 15) is 8.42 Å². The summed E-state index contributed by atoms with van der Waals surface area (Å²) in [5.74, 6) is 0.00804. The van der Waals surface area contributed by atoms with Crippen LogP contribution in [0.3, 0.4) is 0 Å². The van der Waals surface area contributed by atoms with Crippen LogP contribution in [0.4, 0.5) is 0 Å². The van der Waals surface area contributed by atoms with Crippen LogP contribution >= 0.6 is 0 Å². The van der Waals surface area contributed by atoms with E-state index in [0.717, 1.165) is 0 Å². The smallest absolute Gasteiger partial charge is 0.176 e. The maximum atomic E-state index is 11.3. The molecule has 0 spiro atoms. The van der Waals surface area contributed by atoms with Crippen molar-refractivity contribution in [2.24, 2.45) is 0 Å². The van der Waals surface area contributed by atoms with E-state index in [-0.39, 0.29) is 29.4 Å². The number of hydrogen-bond acceptors (Lipinski definition) is 5. The molecular weight excluding hydrogens is 228 g/mol. The molecule has 1 rings (SSSR count). The van der Waals surface area contributed by atoms with Crippen molar-refractivity contribution >= 4 is 9.84 Å². The minimum absolute atomic E-state index is 0.0244. The first-order valence-corrected chi connectivity index (χ1v) is 6.42. The molecule has 0 saturated carbocycles. The summed E-state index contributed by atoms with van der Waals surface area (Å²) in [5.41, 5.74) is 0.130. The van der Waals surface area contributed by atoms with Gasteiger partial charge in [0.05, 0.1) is 12.1 Å². The van der Waals surface area contributed by atoms with E-state index >= 15 is 0 Å². The number of aromatic nitrogens is 2. The van der Waals surface area contributed by atoms with E-state index in [1.807, 2.05) is 6.07 Å². The van der Waals surface area contributed by atoms with Gasteiger partial charge in [-0.15, -0.1) is 0 Å². The van der Waals surface area contributed by atoms with Gasteiger partial charge in [-0.2, -0.15) is 10.5 Å². The van der Waals surface area contributed by atoms with Crippen molar-refractivity contribution in [3.8, 4) is 12.1 Å². The van der Waals surface area contributed by atoms with Gasteiger partial charge in [0.1, 0.15) is 12.1 Å². The van der Waals surface area contributed by atoms with Gasteiger partial charge in [0.15, 0.2) is 21.2 Å². The number of aryl methyl sites for hydroxylation is 1. The molecule has 0 saturated heterocycles. The number of nitriles is 2. The van der Waals surface area contributed by atoms with Gasteiger partial charge >= 0.3 is 0 Å². The van der Waals surface area contributed by atoms with Gasteiger partial charge in [0.2, 0.25) is 0 Å². The zero-order chi connectivity index (χ0) is 12.2. The maximum absolute atomic E-state index is 11.3. The van der Waals surface area contributed by atoms with Crippen molar-refractivity contribution in [2.75, 3.05) is 11.5 Å². The zero-order valence-electron chi connectivity index (χ0n) is 8.71. The van der Waals surface area contributed by atoms with Crippen LogP contribution in [0.2, 0.25) is 0 Å². The minimum Gasteiger partial charge on any atom is -0.320 e. The zero-order valence-corrected chi connectivity index (χ0v) is 9.53. The Balaban J connectivity index is 2.89. The summed E-state index contributed by atoms with van der Waals surface area (Å²) in [6.07, 6.45) is 1.31. The molecular formula is C9H10N4O2S. The van der Waals surface area contributed by atoms with Crippen LogP contribution in [0.15, 0.2) is 6.33 Å². The van der Waals surface area contributed by atoms with Gasteiger partial charge in [-0.3, -0.25) is 0 Å². The number of nitrogens with zero attached hydrogens (tertiary/aromatic N) is 4. The molecule has 1 heterocycles. The lowest BCUT2D eigenvalue weighted by Crippen LogP contribution is -2.15. The van der Waals surface area contributed by atoms with Crippen molar-refractivity contribution in [3.05, 3.63) is 17.7 Å². The third-order valence-electron chi connectivity index (χ3n) is 2.13. The summed E-state index contributed by atoms with van der Waals surface area (Å²) in [5, 5.41) is 17.4. The molecule has 0 aliphatic rings. The summed E-state index contributed by atoms with van der Waals surface area (Å²) in [6.45, 7) is 1.71. The van der Waals surface area contributed by atoms with Gasteiger partial charge in [-0.1, -0.05) is 6.92 Å². The van der Waals surface area contributed by atoms with Crippen molar-refractivity contribution in [1.82, 2.24) is 9.55 Å². The monoisotopic (exact) mass is 238 g/mol. The lowest BCUT2D eigenvalue weighted by Gasteiger charge is -2.03. The molecule has 0 fully saturated rings. The highest BCUT2D eigenvalue weighted by atomic mass is 32.2. The third-order valence-corrected chi connectivity index (χ3v) is 3.82. The summed E-state index contributed by atoms with van der Waals surface area (Å²) in [7, 11) is -3.08. The number of rotatable bonds is 4. The summed E-state index contributed by atoms with van der Waals surface area (Å²) >= 11 is 0. The predicted molar refractivity (Wildman–Crippen MR) is 56.0 cm³/mol. The second kappa shape index (κ2) is 4.77. The molecule has 0 atom stereocenters. The van der Waals surface area contributed by atoms with Gasteiger partial charge in [-0.05, 0) is 0 Å². The Labute approximate surface area is 93.7 Å². The summed E-state index contributed by atoms with van der Waals surface area (Å²) in [6, 6.07) is 3.61. The number of hydrogen-bond donors (Lipinski definition) is 0. The standard InChI is InChI=1S/C9H10N4O2S/c1-2-16(14,15)4-3-13-7-12-8(5-10)9(13)6-11/h7H,2-4H2,1H3. The van der Waals surface area contributed by atoms with Crippen LogP contribution in [0.25, 0.3) is 0 Å². The minimum atomic E-state index is -3.08. The highest BCUT2D eigenvalue weighted by Gasteiger charge is 2.13. The van der Waals surface area contributed by atoms with E-state index in [1.54, 1.807) is 13.0 Å². The molecule has 1 aromatic heterocycles. The van der Waals surface area contributed by atoms with Crippen molar-refractivity contribution in [2.45, 2.75) is 13.5 Å². The van der Waals surface area contributed by atoms with Crippen molar-refractivity contribution in [3.63, 3.8) is 0 Å². The lowest BCUT2D eigenvalue weighted by molar-refractivity contribution is 0.589. The molecule has 0 aliphatic heterocycles. The summed E-state index contributed by atoms with van der Waals surface area (Å²) in [4.78, 5) is 3.72. The van der Waals surface area contributed by atoms with E-state index in [2.05, 4.69) is 4.98 Å². The lowest BCUT2D eigenvalue weighted by atomic mass is 10.3. The maximum Gasteiger partial charge on any atom is 0.176 e. The van der Waals surface area contributed by atoms with E-state index in [4.69, 9.17) is 10.5 Å². The quantitative estimate of drug-likeness (QED) is 0.738. The third kappa shape index (κ3) is 2.59. The first-order chi connectivity index (χ1) is 7.54. The Kier molecular flexibility index (Phi) is 3.64. The predicted octanol–water partition coefficient (Wildman–Crippen LogP) is 0.0612. The first-order valence-electron chi connectivity index (χ1n) is 4.59. The molecule has 7 heteroatoms. The Bertz CT molecular complexity index is 559. The highest BCUT2D eigenvalue weighted by molar-refractivity contribution is 7.91. The van der Waals surface area contributed by atoms with Crippen LogP contribution < -0.4 is 0 Å². The fourth-order valence-corrected chi connectivity index (χ4v) is 1.90. The molecule has 1 aromatic rings. The van der Waals surface area contributed by atoms with Crippen LogP contribution in [0.1, 0.15) is 18.3 Å². The fraction of sp³-hybridized carbons (Fsp3) is 0.444. The van der Waals surface area contributed by atoms with Crippen LogP contribution in [-0.4, -0.2) is 29.5 Å². The highest BCUT2D eigenvalue weighted by Crippen LogP contribution is 2.05. The SMILES string of the molecule is CCS(=O)(=O)CCn1cnc(C#N)c1C#N. The molecule has 84 valence electrons. The second-order valence-electron chi connectivity index (χ2n) is 3.10. The Morgan fingerprint density at radius 1 is 1.44 bits per heavy atom. The fourth-order valence-electron chi connectivity index (χ4n) is 1.13. The largest absolute Gasteiger partial charge is 0.320 e. The summed E-state index contributed by atoms with van der Waals surface area (Å²) < 4.78 is 23.9. The van der Waals surface area contributed by atoms with E-state index < -0.39 is 9.84 Å². The van der Waals surface area contributed by atoms with E-state index in [1.165, 1.54) is 10.9 Å². The normalized spacial score (nSPS) is 10.7. The van der Waals surface area contributed by atoms with Gasteiger partial charge in [0.25, 0.3) is 0 Å². The van der Waals surface area contributed by atoms with Crippen LogP contribution in [-0.2, 0) is 16.4 Å². The first kappa shape index (κ1) is 12.2. The topological polar surface area (TPSA) is 99.5 Å². The van der Waals surface area contributed by atoms with Crippen LogP contribution in [0, 0.1) is 22.7 Å². The molecule has 6 nitrogen and oxygen atoms in total. The van der Waals surface area contributed by atoms with Gasteiger partial charge in [0, 0.05) is 12.3 Å². The molecule has 0 radical (unpaired) electrons. The number of sulfone groups is 1. The average molecular weight is 238 g/mol. The van der Waals surface area contributed by atoms with Crippen LogP contribution in [0.5, 0.6) is 0 Å². The Hall–Kier alpha value is -1.86. The second-order valence-corrected chi connectivity index (χ2v) is 5.57. The molecule has 0 N–H and O–H groups in total. The van der Waals surface area contributed by atoms with Crippen molar-refractivity contribution < 1.29 is 8.42 Å². The molecule has 0 amide bonds. The average Bonchev–Trinajstić information content (AvgIpc) is 2.68. The Morgan fingerprint density at radius 3 is 2.62 bits per heavy atom. The number of imidazole rings is 1. The van der Waals surface area contributed by atoms with Gasteiger partial charge < -0.3 is 4.57 Å². The molecule has 0 aliphatic carbocycles. The van der Waals surface area contributed by atoms with Gasteiger partial charge in [-0.25, -0.2) is 13.4 Å².